The molecule has 1 heterocycles. The summed E-state index contributed by atoms with van der Waals surface area (Å²) >= 11 is 0. The molecule has 1 unspecified atom stereocenters. The fourth-order valence-corrected chi connectivity index (χ4v) is 3.37. The highest BCUT2D eigenvalue weighted by atomic mass is 16.4. The number of anilines is 2. The van der Waals surface area contributed by atoms with E-state index >= 15 is 0 Å². The Kier molecular flexibility index (Phi) is 3.53. The zero-order chi connectivity index (χ0) is 15.0. The third-order valence-corrected chi connectivity index (χ3v) is 4.88. The molecule has 0 spiro atoms. The number of nitrogens with one attached hydrogen (secondary N) is 1. The first-order valence-electron chi connectivity index (χ1n) is 7.56. The summed E-state index contributed by atoms with van der Waals surface area (Å²) in [5.74, 6) is -0.490. The van der Waals surface area contributed by atoms with Crippen LogP contribution in [0.3, 0.4) is 0 Å². The number of hydrogen-bond acceptors (Lipinski definition) is 4. The molecule has 0 aromatic heterocycles. The van der Waals surface area contributed by atoms with Crippen molar-refractivity contribution in [3.05, 3.63) is 24.3 Å². The number of carbonyl (C=O) groups is 1. The maximum Gasteiger partial charge on any atom is 0.326 e. The number of carboxylic acids is 1. The largest absolute Gasteiger partial charge is 0.480 e. The Labute approximate surface area is 125 Å². The van der Waals surface area contributed by atoms with Crippen molar-refractivity contribution in [3.8, 4) is 0 Å². The summed E-state index contributed by atoms with van der Waals surface area (Å²) in [5.41, 5.74) is 1.48. The lowest BCUT2D eigenvalue weighted by molar-refractivity contribution is -0.145. The van der Waals surface area contributed by atoms with Crippen molar-refractivity contribution in [1.82, 2.24) is 5.32 Å². The van der Waals surface area contributed by atoms with Gasteiger partial charge < -0.3 is 20.2 Å². The normalized spacial score (nSPS) is 20.9. The van der Waals surface area contributed by atoms with E-state index < -0.39 is 11.5 Å². The first-order valence-corrected chi connectivity index (χ1v) is 7.56. The standard InChI is InChI=1S/C16H23N3O2/c1-17-16(15(20)21,12-7-8-12)11-19-10-9-18(2)13-5-3-4-6-14(13)19/h3-6,12,17H,7-11H2,1-2H3,(H,20,21). The topological polar surface area (TPSA) is 55.8 Å². The van der Waals surface area contributed by atoms with Crippen LogP contribution in [0, 0.1) is 5.92 Å². The van der Waals surface area contributed by atoms with Crippen LogP contribution in [0.4, 0.5) is 11.4 Å². The molecular formula is C16H23N3O2. The van der Waals surface area contributed by atoms with Crippen LogP contribution < -0.4 is 15.1 Å². The Hall–Kier alpha value is -1.75. The second-order valence-electron chi connectivity index (χ2n) is 6.13. The van der Waals surface area contributed by atoms with Gasteiger partial charge >= 0.3 is 5.97 Å². The fraction of sp³-hybridized carbons (Fsp3) is 0.562. The predicted molar refractivity (Wildman–Crippen MR) is 84.1 cm³/mol. The maximum absolute atomic E-state index is 11.9. The first-order chi connectivity index (χ1) is 10.1. The third kappa shape index (κ3) is 2.35. The van der Waals surface area contributed by atoms with E-state index in [0.717, 1.165) is 31.6 Å². The lowest BCUT2D eigenvalue weighted by Gasteiger charge is -2.42. The van der Waals surface area contributed by atoms with E-state index in [0.29, 0.717) is 6.54 Å². The van der Waals surface area contributed by atoms with E-state index in [-0.39, 0.29) is 5.92 Å². The average molecular weight is 289 g/mol. The Morgan fingerprint density at radius 3 is 2.57 bits per heavy atom. The highest BCUT2D eigenvalue weighted by Gasteiger charge is 2.51. The number of carboxylic acid groups (broad SMARTS) is 1. The summed E-state index contributed by atoms with van der Waals surface area (Å²) in [6.07, 6.45) is 2.01. The van der Waals surface area contributed by atoms with Crippen LogP contribution in [0.25, 0.3) is 0 Å². The summed E-state index contributed by atoms with van der Waals surface area (Å²) < 4.78 is 0. The van der Waals surface area contributed by atoms with Crippen LogP contribution in [0.2, 0.25) is 0 Å². The van der Waals surface area contributed by atoms with Crippen molar-refractivity contribution in [2.45, 2.75) is 18.4 Å². The van der Waals surface area contributed by atoms with Gasteiger partial charge in [-0.15, -0.1) is 0 Å². The number of benzene rings is 1. The number of para-hydroxylation sites is 2. The van der Waals surface area contributed by atoms with Crippen molar-refractivity contribution >= 4 is 17.3 Å². The van der Waals surface area contributed by atoms with Gasteiger partial charge in [-0.05, 0) is 37.9 Å². The molecule has 1 aliphatic carbocycles. The Morgan fingerprint density at radius 2 is 2.00 bits per heavy atom. The molecule has 2 N–H and O–H groups in total. The van der Waals surface area contributed by atoms with Crippen LogP contribution in [0.15, 0.2) is 24.3 Å². The summed E-state index contributed by atoms with van der Waals surface area (Å²) in [7, 11) is 3.86. The molecule has 114 valence electrons. The van der Waals surface area contributed by atoms with Crippen molar-refractivity contribution in [1.29, 1.82) is 0 Å². The van der Waals surface area contributed by atoms with E-state index in [1.165, 1.54) is 5.69 Å². The summed E-state index contributed by atoms with van der Waals surface area (Å²) in [6.45, 7) is 2.30. The minimum absolute atomic E-state index is 0.242. The van der Waals surface area contributed by atoms with Gasteiger partial charge in [0.05, 0.1) is 11.4 Å². The van der Waals surface area contributed by atoms with Gasteiger partial charge in [0.1, 0.15) is 5.54 Å². The second-order valence-corrected chi connectivity index (χ2v) is 6.13. The molecule has 1 aromatic rings. The smallest absolute Gasteiger partial charge is 0.326 e. The number of aliphatic carboxylic acids is 1. The van der Waals surface area contributed by atoms with E-state index in [9.17, 15) is 9.90 Å². The van der Waals surface area contributed by atoms with Gasteiger partial charge in [-0.1, -0.05) is 12.1 Å². The molecule has 5 heteroatoms. The van der Waals surface area contributed by atoms with Gasteiger partial charge in [0, 0.05) is 26.7 Å². The van der Waals surface area contributed by atoms with Crippen LogP contribution in [0.1, 0.15) is 12.8 Å². The molecule has 0 saturated heterocycles. The van der Waals surface area contributed by atoms with Gasteiger partial charge in [-0.2, -0.15) is 0 Å². The van der Waals surface area contributed by atoms with E-state index in [2.05, 4.69) is 34.3 Å². The highest BCUT2D eigenvalue weighted by Crippen LogP contribution is 2.42. The van der Waals surface area contributed by atoms with Gasteiger partial charge in [0.25, 0.3) is 0 Å². The Morgan fingerprint density at radius 1 is 1.33 bits per heavy atom. The monoisotopic (exact) mass is 289 g/mol. The summed E-state index contributed by atoms with van der Waals surface area (Å²) in [5, 5.41) is 12.9. The molecule has 1 atom stereocenters. The highest BCUT2D eigenvalue weighted by molar-refractivity contribution is 5.82. The zero-order valence-electron chi connectivity index (χ0n) is 12.7. The molecule has 1 aromatic carbocycles. The molecule has 1 saturated carbocycles. The minimum Gasteiger partial charge on any atom is -0.480 e. The summed E-state index contributed by atoms with van der Waals surface area (Å²) in [6, 6.07) is 8.23. The molecule has 5 nitrogen and oxygen atoms in total. The van der Waals surface area contributed by atoms with Crippen LogP contribution >= 0.6 is 0 Å². The van der Waals surface area contributed by atoms with E-state index in [1.807, 2.05) is 12.1 Å². The quantitative estimate of drug-likeness (QED) is 0.858. The molecule has 1 fully saturated rings. The van der Waals surface area contributed by atoms with E-state index in [1.54, 1.807) is 7.05 Å². The lowest BCUT2D eigenvalue weighted by Crippen LogP contribution is -2.61. The molecule has 3 rings (SSSR count). The summed E-state index contributed by atoms with van der Waals surface area (Å²) in [4.78, 5) is 16.3. The van der Waals surface area contributed by atoms with Gasteiger partial charge in [0.15, 0.2) is 0 Å². The fourth-order valence-electron chi connectivity index (χ4n) is 3.37. The predicted octanol–water partition coefficient (Wildman–Crippen LogP) is 1.40. The Balaban J connectivity index is 1.91. The van der Waals surface area contributed by atoms with Crippen LogP contribution in [0.5, 0.6) is 0 Å². The average Bonchev–Trinajstić information content (AvgIpc) is 3.32. The molecular weight excluding hydrogens is 266 g/mol. The Bertz CT molecular complexity index is 544. The van der Waals surface area contributed by atoms with Gasteiger partial charge in [-0.25, -0.2) is 0 Å². The zero-order valence-corrected chi connectivity index (χ0v) is 12.7. The maximum atomic E-state index is 11.9. The number of rotatable bonds is 5. The molecule has 0 radical (unpaired) electrons. The molecule has 0 amide bonds. The van der Waals surface area contributed by atoms with Crippen molar-refractivity contribution in [3.63, 3.8) is 0 Å². The van der Waals surface area contributed by atoms with Gasteiger partial charge in [-0.3, -0.25) is 4.79 Å². The third-order valence-electron chi connectivity index (χ3n) is 4.88. The molecule has 2 aliphatic rings. The number of fused-ring (bicyclic) bond motifs is 1. The second kappa shape index (κ2) is 5.22. The molecule has 21 heavy (non-hydrogen) atoms. The van der Waals surface area contributed by atoms with Gasteiger partial charge in [0.2, 0.25) is 0 Å². The molecule has 1 aliphatic heterocycles. The van der Waals surface area contributed by atoms with Crippen LogP contribution in [-0.4, -0.2) is 50.3 Å². The van der Waals surface area contributed by atoms with Crippen molar-refractivity contribution in [2.75, 3.05) is 43.5 Å². The first kappa shape index (κ1) is 14.2. The number of hydrogen-bond donors (Lipinski definition) is 2. The van der Waals surface area contributed by atoms with Crippen molar-refractivity contribution in [2.24, 2.45) is 5.92 Å². The minimum atomic E-state index is -0.830. The SMILES string of the molecule is CNC(CN1CCN(C)c2ccccc21)(C(=O)O)C1CC1. The number of nitrogens with zero attached hydrogens (tertiary/aromatic N) is 2. The number of likely N-dealkylation sites (N-methyl/N-ethyl adjacent to an activating group) is 2. The van der Waals surface area contributed by atoms with Crippen LogP contribution in [-0.2, 0) is 4.79 Å². The van der Waals surface area contributed by atoms with Crippen molar-refractivity contribution < 1.29 is 9.90 Å². The lowest BCUT2D eigenvalue weighted by atomic mass is 9.92. The van der Waals surface area contributed by atoms with E-state index in [4.69, 9.17) is 0 Å². The molecule has 0 bridgehead atoms.